The first-order chi connectivity index (χ1) is 15.6. The van der Waals surface area contributed by atoms with E-state index in [9.17, 15) is 28.0 Å². The van der Waals surface area contributed by atoms with Gasteiger partial charge in [0.05, 0.1) is 18.2 Å². The Bertz CT molecular complexity index is 1280. The normalized spacial score (nSPS) is 11.6. The van der Waals surface area contributed by atoms with Crippen LogP contribution in [-0.4, -0.2) is 19.0 Å². The maximum Gasteiger partial charge on any atom is 0.416 e. The molecule has 168 valence electrons. The van der Waals surface area contributed by atoms with E-state index in [1.165, 1.54) is 25.3 Å². The summed E-state index contributed by atoms with van der Waals surface area (Å²) in [6, 6.07) is 13.9. The number of methoxy groups -OCH3 is 1. The molecule has 3 aromatic rings. The molecule has 1 heterocycles. The van der Waals surface area contributed by atoms with Crippen molar-refractivity contribution < 1.29 is 31.9 Å². The second-order valence-corrected chi connectivity index (χ2v) is 6.93. The highest BCUT2D eigenvalue weighted by Crippen LogP contribution is 2.31. The summed E-state index contributed by atoms with van der Waals surface area (Å²) in [5.74, 6) is -0.727. The van der Waals surface area contributed by atoms with Crippen LogP contribution in [0, 0.1) is 18.3 Å². The van der Waals surface area contributed by atoms with E-state index in [0.717, 1.165) is 23.8 Å². The SMILES string of the molecule is COC(=O)c1ccc(-c2ccc(/C=C(/C#N)C(=O)Nc3cccc(C(F)(F)F)c3)o2)c(C)c1. The number of aryl methyl sites for hydroxylation is 1. The molecular weight excluding hydrogens is 437 g/mol. The lowest BCUT2D eigenvalue weighted by Crippen LogP contribution is -2.14. The molecule has 0 radical (unpaired) electrons. The second-order valence-electron chi connectivity index (χ2n) is 6.93. The average Bonchev–Trinajstić information content (AvgIpc) is 3.24. The molecule has 1 N–H and O–H groups in total. The van der Waals surface area contributed by atoms with Crippen LogP contribution in [0.2, 0.25) is 0 Å². The zero-order chi connectivity index (χ0) is 24.2. The van der Waals surface area contributed by atoms with Gasteiger partial charge in [-0.05, 0) is 55.0 Å². The van der Waals surface area contributed by atoms with Crippen LogP contribution in [0.1, 0.15) is 27.2 Å². The molecule has 0 unspecified atom stereocenters. The van der Waals surface area contributed by atoms with Gasteiger partial charge in [0, 0.05) is 17.3 Å². The van der Waals surface area contributed by atoms with E-state index >= 15 is 0 Å². The molecule has 0 fully saturated rings. The van der Waals surface area contributed by atoms with E-state index < -0.39 is 23.6 Å². The Morgan fingerprint density at radius 1 is 1.12 bits per heavy atom. The van der Waals surface area contributed by atoms with Gasteiger partial charge >= 0.3 is 12.1 Å². The summed E-state index contributed by atoms with van der Waals surface area (Å²) in [6.45, 7) is 1.78. The number of nitrogens with one attached hydrogen (secondary N) is 1. The molecule has 3 rings (SSSR count). The first-order valence-electron chi connectivity index (χ1n) is 9.52. The fraction of sp³-hybridized carbons (Fsp3) is 0.125. The summed E-state index contributed by atoms with van der Waals surface area (Å²) >= 11 is 0. The number of anilines is 1. The summed E-state index contributed by atoms with van der Waals surface area (Å²) < 4.78 is 49.0. The minimum atomic E-state index is -4.56. The summed E-state index contributed by atoms with van der Waals surface area (Å²) in [5.41, 5.74) is 0.429. The molecule has 0 aliphatic carbocycles. The lowest BCUT2D eigenvalue weighted by atomic mass is 10.0. The average molecular weight is 454 g/mol. The largest absolute Gasteiger partial charge is 0.465 e. The number of benzene rings is 2. The monoisotopic (exact) mass is 454 g/mol. The van der Waals surface area contributed by atoms with Crippen LogP contribution in [0.4, 0.5) is 18.9 Å². The van der Waals surface area contributed by atoms with E-state index in [1.54, 1.807) is 37.3 Å². The van der Waals surface area contributed by atoms with Gasteiger partial charge in [-0.25, -0.2) is 4.79 Å². The lowest BCUT2D eigenvalue weighted by molar-refractivity contribution is -0.137. The summed E-state index contributed by atoms with van der Waals surface area (Å²) in [6.07, 6.45) is -3.38. The Hall–Kier alpha value is -4.32. The lowest BCUT2D eigenvalue weighted by Gasteiger charge is -2.09. The van der Waals surface area contributed by atoms with Crippen LogP contribution in [0.3, 0.4) is 0 Å². The predicted molar refractivity (Wildman–Crippen MR) is 114 cm³/mol. The quantitative estimate of drug-likeness (QED) is 0.308. The number of esters is 1. The highest BCUT2D eigenvalue weighted by atomic mass is 19.4. The first kappa shape index (κ1) is 23.3. The van der Waals surface area contributed by atoms with Gasteiger partial charge in [-0.3, -0.25) is 4.79 Å². The van der Waals surface area contributed by atoms with Gasteiger partial charge in [0.1, 0.15) is 23.2 Å². The van der Waals surface area contributed by atoms with E-state index in [4.69, 9.17) is 9.15 Å². The maximum absolute atomic E-state index is 12.9. The minimum Gasteiger partial charge on any atom is -0.465 e. The standard InChI is InChI=1S/C24H17F3N2O4/c1-14-10-15(23(31)32-2)6-8-20(14)21-9-7-19(33-21)11-16(13-28)22(30)29-18-5-3-4-17(12-18)24(25,26)27/h3-12H,1-2H3,(H,29,30)/b16-11-. The molecular formula is C24H17F3N2O4. The number of alkyl halides is 3. The van der Waals surface area contributed by atoms with Crippen LogP contribution in [0.5, 0.6) is 0 Å². The van der Waals surface area contributed by atoms with E-state index in [1.807, 2.05) is 0 Å². The number of ether oxygens (including phenoxy) is 1. The number of halogens is 3. The predicted octanol–water partition coefficient (Wildman–Crippen LogP) is 5.61. The molecule has 0 spiro atoms. The number of nitrogens with zero attached hydrogens (tertiary/aromatic N) is 1. The Morgan fingerprint density at radius 3 is 2.52 bits per heavy atom. The third-order valence-electron chi connectivity index (χ3n) is 4.64. The van der Waals surface area contributed by atoms with Crippen molar-refractivity contribution >= 4 is 23.6 Å². The highest BCUT2D eigenvalue weighted by molar-refractivity contribution is 6.09. The summed E-state index contributed by atoms with van der Waals surface area (Å²) in [7, 11) is 1.28. The van der Waals surface area contributed by atoms with Crippen molar-refractivity contribution in [3.05, 3.63) is 82.6 Å². The number of nitriles is 1. The van der Waals surface area contributed by atoms with Crippen molar-refractivity contribution in [2.24, 2.45) is 0 Å². The Kier molecular flexibility index (Phi) is 6.68. The molecule has 0 saturated heterocycles. The number of hydrogen-bond acceptors (Lipinski definition) is 5. The van der Waals surface area contributed by atoms with E-state index in [-0.39, 0.29) is 17.0 Å². The third kappa shape index (κ3) is 5.49. The molecule has 0 aliphatic heterocycles. The van der Waals surface area contributed by atoms with Crippen molar-refractivity contribution in [2.75, 3.05) is 12.4 Å². The Balaban J connectivity index is 1.81. The molecule has 6 nitrogen and oxygen atoms in total. The fourth-order valence-electron chi connectivity index (χ4n) is 3.02. The maximum atomic E-state index is 12.9. The molecule has 1 amide bonds. The van der Waals surface area contributed by atoms with Crippen LogP contribution in [-0.2, 0) is 15.7 Å². The number of furan rings is 1. The zero-order valence-electron chi connectivity index (χ0n) is 17.5. The zero-order valence-corrected chi connectivity index (χ0v) is 17.5. The van der Waals surface area contributed by atoms with Crippen LogP contribution < -0.4 is 5.32 Å². The van der Waals surface area contributed by atoms with Gasteiger partial charge in [0.2, 0.25) is 0 Å². The van der Waals surface area contributed by atoms with Crippen molar-refractivity contribution in [1.29, 1.82) is 5.26 Å². The molecule has 1 aromatic heterocycles. The van der Waals surface area contributed by atoms with Gasteiger partial charge < -0.3 is 14.5 Å². The van der Waals surface area contributed by atoms with Crippen molar-refractivity contribution in [2.45, 2.75) is 13.1 Å². The Morgan fingerprint density at radius 2 is 1.88 bits per heavy atom. The molecule has 0 aliphatic rings. The molecule has 2 aromatic carbocycles. The number of amides is 1. The van der Waals surface area contributed by atoms with Gasteiger partial charge in [-0.1, -0.05) is 12.1 Å². The Labute approximate surface area is 186 Å². The number of carbonyl (C=O) groups excluding carboxylic acids is 2. The molecule has 33 heavy (non-hydrogen) atoms. The smallest absolute Gasteiger partial charge is 0.416 e. The van der Waals surface area contributed by atoms with Crippen molar-refractivity contribution in [3.8, 4) is 17.4 Å². The van der Waals surface area contributed by atoms with Crippen molar-refractivity contribution in [3.63, 3.8) is 0 Å². The van der Waals surface area contributed by atoms with Crippen LogP contribution >= 0.6 is 0 Å². The molecule has 0 atom stereocenters. The summed E-state index contributed by atoms with van der Waals surface area (Å²) in [4.78, 5) is 24.1. The summed E-state index contributed by atoms with van der Waals surface area (Å²) in [5, 5.41) is 11.6. The van der Waals surface area contributed by atoms with Crippen LogP contribution in [0.15, 0.2) is 64.6 Å². The number of hydrogen-bond donors (Lipinski definition) is 1. The van der Waals surface area contributed by atoms with Gasteiger partial charge in [0.25, 0.3) is 5.91 Å². The van der Waals surface area contributed by atoms with Gasteiger partial charge in [0.15, 0.2) is 0 Å². The fourth-order valence-corrected chi connectivity index (χ4v) is 3.02. The van der Waals surface area contributed by atoms with Crippen molar-refractivity contribution in [1.82, 2.24) is 0 Å². The van der Waals surface area contributed by atoms with Crippen LogP contribution in [0.25, 0.3) is 17.4 Å². The molecule has 0 bridgehead atoms. The number of carbonyl (C=O) groups is 2. The van der Waals surface area contributed by atoms with E-state index in [2.05, 4.69) is 5.32 Å². The first-order valence-corrected chi connectivity index (χ1v) is 9.52. The molecule has 0 saturated carbocycles. The number of rotatable bonds is 5. The van der Waals surface area contributed by atoms with E-state index in [0.29, 0.717) is 16.9 Å². The van der Waals surface area contributed by atoms with Gasteiger partial charge in [-0.2, -0.15) is 18.4 Å². The third-order valence-corrected chi connectivity index (χ3v) is 4.64. The minimum absolute atomic E-state index is 0.0996. The second kappa shape index (κ2) is 9.44. The highest BCUT2D eigenvalue weighted by Gasteiger charge is 2.30. The topological polar surface area (TPSA) is 92.3 Å². The molecule has 9 heteroatoms. The van der Waals surface area contributed by atoms with Gasteiger partial charge in [-0.15, -0.1) is 0 Å².